The molecule has 0 aliphatic carbocycles. The molecule has 9 nitrogen and oxygen atoms in total. The van der Waals surface area contributed by atoms with E-state index in [0.29, 0.717) is 36.4 Å². The number of ether oxygens (including phenoxy) is 3. The predicted molar refractivity (Wildman–Crippen MR) is 136 cm³/mol. The molecule has 2 heterocycles. The van der Waals surface area contributed by atoms with Gasteiger partial charge in [-0.2, -0.15) is 0 Å². The van der Waals surface area contributed by atoms with Crippen LogP contribution in [-0.2, 0) is 16.1 Å². The number of nitrogens with one attached hydrogen (secondary N) is 1. The van der Waals surface area contributed by atoms with Gasteiger partial charge in [-0.15, -0.1) is 10.2 Å². The maximum Gasteiger partial charge on any atom is 0.233 e. The zero-order valence-electron chi connectivity index (χ0n) is 20.5. The number of hydrogen-bond acceptors (Lipinski definition) is 8. The molecule has 0 saturated carbocycles. The number of benzene rings is 2. The fourth-order valence-electron chi connectivity index (χ4n) is 3.76. The van der Waals surface area contributed by atoms with Gasteiger partial charge in [0.2, 0.25) is 11.9 Å². The number of methoxy groups -OCH3 is 2. The molecular weight excluding hydrogens is 466 g/mol. The maximum absolute atomic E-state index is 12.9. The molecule has 10 heteroatoms. The molecule has 1 saturated heterocycles. The first-order valence-corrected chi connectivity index (χ1v) is 12.4. The Kier molecular flexibility index (Phi) is 8.14. The van der Waals surface area contributed by atoms with Crippen molar-refractivity contribution in [3.63, 3.8) is 0 Å². The van der Waals surface area contributed by atoms with E-state index in [1.54, 1.807) is 14.2 Å². The number of nitrogens with zero attached hydrogens (tertiary/aromatic N) is 4. The summed E-state index contributed by atoms with van der Waals surface area (Å²) in [6, 6.07) is 13.8. The van der Waals surface area contributed by atoms with Crippen molar-refractivity contribution in [3.8, 4) is 17.2 Å². The Morgan fingerprint density at radius 3 is 2.49 bits per heavy atom. The van der Waals surface area contributed by atoms with E-state index in [1.807, 2.05) is 29.7 Å². The number of hydrogen-bond donors (Lipinski definition) is 1. The first kappa shape index (κ1) is 24.9. The standard InChI is InChI=1S/C25H31N5O4S/c1-17-5-8-20(9-6-17)30-24(29-11-13-34-14-12-29)27-28-25(30)35-18(2)23(31)26-16-19-7-10-21(32-3)22(15-19)33-4/h5-10,15,18H,11-14,16H2,1-4H3,(H,26,31)/t18-/m1/s1. The van der Waals surface area contributed by atoms with Crippen LogP contribution in [0, 0.1) is 6.92 Å². The molecule has 0 radical (unpaired) electrons. The van der Waals surface area contributed by atoms with Gasteiger partial charge in [0.15, 0.2) is 16.7 Å². The van der Waals surface area contributed by atoms with Crippen molar-refractivity contribution in [1.29, 1.82) is 0 Å². The SMILES string of the molecule is COc1ccc(CNC(=O)[C@@H](C)Sc2nnc(N3CCOCC3)n2-c2ccc(C)cc2)cc1OC. The van der Waals surface area contributed by atoms with Crippen molar-refractivity contribution < 1.29 is 19.0 Å². The highest BCUT2D eigenvalue weighted by Crippen LogP contribution is 2.30. The number of carbonyl (C=O) groups is 1. The molecule has 1 aliphatic heterocycles. The zero-order chi connectivity index (χ0) is 24.8. The Morgan fingerprint density at radius 2 is 1.80 bits per heavy atom. The molecule has 0 unspecified atom stereocenters. The third-order valence-corrected chi connectivity index (χ3v) is 6.81. The summed E-state index contributed by atoms with van der Waals surface area (Å²) in [5.74, 6) is 1.95. The fraction of sp³-hybridized carbons (Fsp3) is 0.400. The summed E-state index contributed by atoms with van der Waals surface area (Å²) in [6.45, 7) is 7.10. The van der Waals surface area contributed by atoms with E-state index in [1.165, 1.54) is 17.3 Å². The van der Waals surface area contributed by atoms with Crippen LogP contribution < -0.4 is 19.7 Å². The Balaban J connectivity index is 1.49. The highest BCUT2D eigenvalue weighted by Gasteiger charge is 2.25. The van der Waals surface area contributed by atoms with Crippen LogP contribution in [0.25, 0.3) is 5.69 Å². The van der Waals surface area contributed by atoms with Gasteiger partial charge in [0.25, 0.3) is 0 Å². The van der Waals surface area contributed by atoms with Crippen molar-refractivity contribution in [2.75, 3.05) is 45.4 Å². The first-order chi connectivity index (χ1) is 17.0. The molecule has 0 spiro atoms. The number of rotatable bonds is 9. The van der Waals surface area contributed by atoms with E-state index in [9.17, 15) is 4.79 Å². The molecular formula is C25H31N5O4S. The Morgan fingerprint density at radius 1 is 1.09 bits per heavy atom. The van der Waals surface area contributed by atoms with Gasteiger partial charge in [0.1, 0.15) is 0 Å². The molecule has 35 heavy (non-hydrogen) atoms. The molecule has 1 fully saturated rings. The summed E-state index contributed by atoms with van der Waals surface area (Å²) in [6.07, 6.45) is 0. The molecule has 186 valence electrons. The lowest BCUT2D eigenvalue weighted by Gasteiger charge is -2.28. The normalized spacial score (nSPS) is 14.5. The molecule has 1 aliphatic rings. The maximum atomic E-state index is 12.9. The minimum Gasteiger partial charge on any atom is -0.493 e. The summed E-state index contributed by atoms with van der Waals surface area (Å²) in [4.78, 5) is 15.1. The largest absolute Gasteiger partial charge is 0.493 e. The number of aromatic nitrogens is 3. The lowest BCUT2D eigenvalue weighted by molar-refractivity contribution is -0.120. The van der Waals surface area contributed by atoms with E-state index in [0.717, 1.165) is 30.3 Å². The van der Waals surface area contributed by atoms with Gasteiger partial charge in [0.05, 0.1) is 38.4 Å². The van der Waals surface area contributed by atoms with Gasteiger partial charge >= 0.3 is 0 Å². The lowest BCUT2D eigenvalue weighted by atomic mass is 10.2. The van der Waals surface area contributed by atoms with Crippen molar-refractivity contribution >= 4 is 23.6 Å². The van der Waals surface area contributed by atoms with Gasteiger partial charge in [-0.05, 0) is 43.7 Å². The average molecular weight is 498 g/mol. The van der Waals surface area contributed by atoms with Crippen LogP contribution in [-0.4, -0.2) is 66.4 Å². The number of amides is 1. The molecule has 1 aromatic heterocycles. The van der Waals surface area contributed by atoms with Gasteiger partial charge in [0, 0.05) is 19.6 Å². The summed E-state index contributed by atoms with van der Waals surface area (Å²) in [7, 11) is 3.19. The van der Waals surface area contributed by atoms with Crippen LogP contribution >= 0.6 is 11.8 Å². The fourth-order valence-corrected chi connectivity index (χ4v) is 4.65. The topological polar surface area (TPSA) is 90.7 Å². The van der Waals surface area contributed by atoms with E-state index in [-0.39, 0.29) is 11.2 Å². The highest BCUT2D eigenvalue weighted by molar-refractivity contribution is 8.00. The lowest BCUT2D eigenvalue weighted by Crippen LogP contribution is -2.38. The Hall–Kier alpha value is -3.24. The van der Waals surface area contributed by atoms with Gasteiger partial charge in [-0.1, -0.05) is 35.5 Å². The summed E-state index contributed by atoms with van der Waals surface area (Å²) >= 11 is 1.39. The van der Waals surface area contributed by atoms with Gasteiger partial charge in [-0.3, -0.25) is 9.36 Å². The number of morpholine rings is 1. The molecule has 1 amide bonds. The van der Waals surface area contributed by atoms with Crippen molar-refractivity contribution in [1.82, 2.24) is 20.1 Å². The van der Waals surface area contributed by atoms with Crippen molar-refractivity contribution in [2.45, 2.75) is 30.8 Å². The minimum atomic E-state index is -0.374. The molecule has 2 aromatic carbocycles. The second kappa shape index (κ2) is 11.5. The Bertz CT molecular complexity index is 1150. The quantitative estimate of drug-likeness (QED) is 0.451. The van der Waals surface area contributed by atoms with Gasteiger partial charge in [-0.25, -0.2) is 0 Å². The van der Waals surface area contributed by atoms with E-state index < -0.39 is 0 Å². The summed E-state index contributed by atoms with van der Waals surface area (Å²) in [5, 5.41) is 12.2. The number of aryl methyl sites for hydroxylation is 1. The second-order valence-electron chi connectivity index (χ2n) is 8.22. The van der Waals surface area contributed by atoms with Crippen LogP contribution in [0.15, 0.2) is 47.6 Å². The predicted octanol–water partition coefficient (Wildman–Crippen LogP) is 3.23. The van der Waals surface area contributed by atoms with Crippen LogP contribution in [0.1, 0.15) is 18.1 Å². The molecule has 3 aromatic rings. The Labute approximate surface area is 209 Å². The summed E-state index contributed by atoms with van der Waals surface area (Å²) in [5.41, 5.74) is 3.06. The van der Waals surface area contributed by atoms with Crippen LogP contribution in [0.4, 0.5) is 5.95 Å². The molecule has 0 bridgehead atoms. The smallest absolute Gasteiger partial charge is 0.233 e. The van der Waals surface area contributed by atoms with E-state index in [4.69, 9.17) is 14.2 Å². The van der Waals surface area contributed by atoms with Crippen LogP contribution in [0.5, 0.6) is 11.5 Å². The minimum absolute atomic E-state index is 0.0869. The average Bonchev–Trinajstić information content (AvgIpc) is 3.31. The molecule has 1 N–H and O–H groups in total. The zero-order valence-corrected chi connectivity index (χ0v) is 21.3. The van der Waals surface area contributed by atoms with Crippen molar-refractivity contribution in [3.05, 3.63) is 53.6 Å². The van der Waals surface area contributed by atoms with Gasteiger partial charge < -0.3 is 24.4 Å². The van der Waals surface area contributed by atoms with Crippen molar-refractivity contribution in [2.24, 2.45) is 0 Å². The monoisotopic (exact) mass is 497 g/mol. The van der Waals surface area contributed by atoms with E-state index in [2.05, 4.69) is 51.6 Å². The molecule has 4 rings (SSSR count). The first-order valence-electron chi connectivity index (χ1n) is 11.5. The summed E-state index contributed by atoms with van der Waals surface area (Å²) < 4.78 is 18.2. The second-order valence-corrected chi connectivity index (χ2v) is 9.53. The molecule has 1 atom stereocenters. The van der Waals surface area contributed by atoms with Crippen LogP contribution in [0.2, 0.25) is 0 Å². The third kappa shape index (κ3) is 5.88. The van der Waals surface area contributed by atoms with Crippen LogP contribution in [0.3, 0.4) is 0 Å². The number of thioether (sulfide) groups is 1. The number of carbonyl (C=O) groups excluding carboxylic acids is 1. The highest BCUT2D eigenvalue weighted by atomic mass is 32.2. The third-order valence-electron chi connectivity index (χ3n) is 5.77. The van der Waals surface area contributed by atoms with E-state index >= 15 is 0 Å². The number of anilines is 1.